The van der Waals surface area contributed by atoms with E-state index >= 15 is 0 Å². The third-order valence-electron chi connectivity index (χ3n) is 7.20. The molecule has 0 unspecified atom stereocenters. The predicted molar refractivity (Wildman–Crippen MR) is 147 cm³/mol. The van der Waals surface area contributed by atoms with E-state index in [1.165, 1.54) is 11.1 Å². The van der Waals surface area contributed by atoms with Crippen molar-refractivity contribution in [1.29, 1.82) is 0 Å². The summed E-state index contributed by atoms with van der Waals surface area (Å²) in [6.07, 6.45) is 0. The molecular weight excluding hydrogens is 452 g/mol. The molecular formula is C34H26N2O. The number of H-pyrrole nitrogens is 2. The Morgan fingerprint density at radius 1 is 0.432 bits per heavy atom. The standard InChI is InChI=1S/C34H26N2O/c1-21-7-11-23(12-8-21)33-29-17-15-27(35-29)25-5-3-4-6-26(25)28-16-18-30(36-28)34(32-20-19-31(33)37-32)24-13-9-22(2)10-14-24/h3-20,35-36H,1-2H3/b27-25-,28-26-,33-29-,33-31?,34-30-,34-32?. The van der Waals surface area contributed by atoms with Crippen LogP contribution in [0.4, 0.5) is 0 Å². The first-order valence-corrected chi connectivity index (χ1v) is 12.6. The van der Waals surface area contributed by atoms with E-state index in [1.807, 2.05) is 0 Å². The first kappa shape index (κ1) is 21.5. The Morgan fingerprint density at radius 3 is 1.27 bits per heavy atom. The summed E-state index contributed by atoms with van der Waals surface area (Å²) in [6.45, 7) is 4.22. The molecule has 1 aliphatic heterocycles. The Labute approximate surface area is 214 Å². The first-order chi connectivity index (χ1) is 18.1. The molecule has 0 atom stereocenters. The summed E-state index contributed by atoms with van der Waals surface area (Å²) in [5.41, 5.74) is 6.77. The van der Waals surface area contributed by atoms with E-state index in [0.717, 1.165) is 65.6 Å². The van der Waals surface area contributed by atoms with Crippen LogP contribution in [0.25, 0.3) is 11.1 Å². The lowest BCUT2D eigenvalue weighted by molar-refractivity contribution is 0.539. The van der Waals surface area contributed by atoms with E-state index in [4.69, 9.17) is 4.42 Å². The van der Waals surface area contributed by atoms with Gasteiger partial charge in [-0.15, -0.1) is 0 Å². The molecule has 6 bridgehead atoms. The smallest absolute Gasteiger partial charge is 0.137 e. The van der Waals surface area contributed by atoms with Crippen LogP contribution in [-0.2, 0) is 0 Å². The second-order valence-electron chi connectivity index (χ2n) is 9.76. The van der Waals surface area contributed by atoms with Gasteiger partial charge in [0.05, 0.1) is 10.7 Å². The van der Waals surface area contributed by atoms with Crippen molar-refractivity contribution in [2.24, 2.45) is 0 Å². The number of aryl methyl sites for hydroxylation is 2. The van der Waals surface area contributed by atoms with Gasteiger partial charge in [0.1, 0.15) is 11.5 Å². The molecule has 3 aromatic heterocycles. The summed E-state index contributed by atoms with van der Waals surface area (Å²) in [6, 6.07) is 38.6. The molecule has 0 saturated carbocycles. The lowest BCUT2D eigenvalue weighted by Crippen LogP contribution is -2.09. The number of hydrogen-bond donors (Lipinski definition) is 2. The Balaban J connectivity index is 1.69. The number of benzene rings is 3. The number of furan rings is 1. The van der Waals surface area contributed by atoms with Crippen LogP contribution in [0.5, 0.6) is 0 Å². The molecule has 2 N–H and O–H groups in total. The highest BCUT2D eigenvalue weighted by Gasteiger charge is 2.17. The number of hydrogen-bond acceptors (Lipinski definition) is 1. The molecule has 37 heavy (non-hydrogen) atoms. The van der Waals surface area contributed by atoms with Crippen molar-refractivity contribution in [3.05, 3.63) is 175 Å². The zero-order valence-electron chi connectivity index (χ0n) is 20.8. The van der Waals surface area contributed by atoms with Gasteiger partial charge in [0.25, 0.3) is 0 Å². The highest BCUT2D eigenvalue weighted by Crippen LogP contribution is 2.29. The van der Waals surface area contributed by atoms with Crippen molar-refractivity contribution in [2.75, 3.05) is 0 Å². The average Bonchev–Trinajstić information content (AvgIpc) is 3.69. The van der Waals surface area contributed by atoms with Gasteiger partial charge in [-0.2, -0.15) is 0 Å². The first-order valence-electron chi connectivity index (χ1n) is 12.6. The summed E-state index contributed by atoms with van der Waals surface area (Å²) in [5, 5.41) is 6.50. The van der Waals surface area contributed by atoms with Crippen molar-refractivity contribution in [2.45, 2.75) is 13.8 Å². The van der Waals surface area contributed by atoms with E-state index < -0.39 is 0 Å². The topological polar surface area (TPSA) is 44.7 Å². The predicted octanol–water partition coefficient (Wildman–Crippen LogP) is 5.93. The summed E-state index contributed by atoms with van der Waals surface area (Å²) in [5.74, 6) is 1.66. The maximum Gasteiger partial charge on any atom is 0.137 e. The number of fused-ring (bicyclic) bond motifs is 7. The number of aromatic amines is 2. The molecule has 3 heteroatoms. The zero-order chi connectivity index (χ0) is 24.9. The van der Waals surface area contributed by atoms with Crippen LogP contribution in [0, 0.1) is 35.0 Å². The molecule has 7 rings (SSSR count). The highest BCUT2D eigenvalue weighted by molar-refractivity contribution is 5.80. The van der Waals surface area contributed by atoms with Crippen LogP contribution in [0.2, 0.25) is 0 Å². The van der Waals surface area contributed by atoms with E-state index in [2.05, 4.69) is 133 Å². The fraction of sp³-hybridized carbons (Fsp3) is 0.0588. The van der Waals surface area contributed by atoms with Crippen LogP contribution in [-0.4, -0.2) is 9.97 Å². The molecule has 3 nitrogen and oxygen atoms in total. The number of nitrogens with one attached hydrogen (secondary N) is 2. The fourth-order valence-electron chi connectivity index (χ4n) is 5.26. The minimum Gasteiger partial charge on any atom is -0.456 e. The van der Waals surface area contributed by atoms with Gasteiger partial charge < -0.3 is 14.4 Å². The Bertz CT molecular complexity index is 1940. The molecule has 3 aromatic carbocycles. The Morgan fingerprint density at radius 2 is 0.838 bits per heavy atom. The van der Waals surface area contributed by atoms with Crippen LogP contribution in [0.1, 0.15) is 33.8 Å². The fourth-order valence-corrected chi connectivity index (χ4v) is 5.26. The molecule has 4 heterocycles. The third-order valence-corrected chi connectivity index (χ3v) is 7.20. The second kappa shape index (κ2) is 8.42. The summed E-state index contributed by atoms with van der Waals surface area (Å²) in [4.78, 5) is 7.40. The molecule has 6 aromatic rings. The van der Waals surface area contributed by atoms with Gasteiger partial charge in [0.2, 0.25) is 0 Å². The number of rotatable bonds is 2. The maximum absolute atomic E-state index is 6.69. The van der Waals surface area contributed by atoms with Crippen LogP contribution in [0.3, 0.4) is 0 Å². The lowest BCUT2D eigenvalue weighted by atomic mass is 10.0. The molecule has 0 radical (unpaired) electrons. The van der Waals surface area contributed by atoms with Crippen molar-refractivity contribution < 1.29 is 4.42 Å². The van der Waals surface area contributed by atoms with Crippen LogP contribution < -0.4 is 10.7 Å². The number of aromatic nitrogens is 2. The van der Waals surface area contributed by atoms with Gasteiger partial charge in [0, 0.05) is 32.3 Å². The minimum atomic E-state index is 0.830. The summed E-state index contributed by atoms with van der Waals surface area (Å²) < 4.78 is 6.69. The molecule has 0 saturated heterocycles. The molecule has 0 aliphatic carbocycles. The SMILES string of the molecule is Cc1ccc(/C2=c3\cc/c([nH]3)=c3\cccc\c3=c3/cc/c([nH]3)=C(\c3ccc(C)cc3)c3ccc2o3)cc1. The van der Waals surface area contributed by atoms with Gasteiger partial charge in [-0.05, 0) is 61.4 Å². The maximum atomic E-state index is 6.69. The minimum absolute atomic E-state index is 0.830. The molecule has 0 fully saturated rings. The van der Waals surface area contributed by atoms with E-state index in [0.29, 0.717) is 0 Å². The third kappa shape index (κ3) is 3.68. The van der Waals surface area contributed by atoms with Gasteiger partial charge in [-0.3, -0.25) is 0 Å². The van der Waals surface area contributed by atoms with E-state index in [9.17, 15) is 0 Å². The van der Waals surface area contributed by atoms with E-state index in [-0.39, 0.29) is 0 Å². The van der Waals surface area contributed by atoms with Crippen LogP contribution >= 0.6 is 0 Å². The van der Waals surface area contributed by atoms with Crippen LogP contribution in [0.15, 0.2) is 114 Å². The van der Waals surface area contributed by atoms with Crippen molar-refractivity contribution in [1.82, 2.24) is 9.97 Å². The van der Waals surface area contributed by atoms with Crippen molar-refractivity contribution in [3.63, 3.8) is 0 Å². The van der Waals surface area contributed by atoms with Gasteiger partial charge in [-0.25, -0.2) is 0 Å². The van der Waals surface area contributed by atoms with Gasteiger partial charge >= 0.3 is 0 Å². The zero-order valence-corrected chi connectivity index (χ0v) is 20.8. The van der Waals surface area contributed by atoms with Gasteiger partial charge in [-0.1, -0.05) is 83.9 Å². The Hall–Kier alpha value is -4.76. The Kier molecular flexibility index (Phi) is 4.90. The quantitative estimate of drug-likeness (QED) is 0.318. The largest absolute Gasteiger partial charge is 0.456 e. The molecule has 0 amide bonds. The summed E-state index contributed by atoms with van der Waals surface area (Å²) in [7, 11) is 0. The molecule has 1 aliphatic rings. The lowest BCUT2D eigenvalue weighted by Gasteiger charge is -2.07. The van der Waals surface area contributed by atoms with E-state index in [1.54, 1.807) is 0 Å². The molecule has 0 spiro atoms. The second-order valence-corrected chi connectivity index (χ2v) is 9.76. The normalized spacial score (nSPS) is 17.4. The average molecular weight is 479 g/mol. The monoisotopic (exact) mass is 478 g/mol. The highest BCUT2D eigenvalue weighted by atomic mass is 16.3. The molecule has 178 valence electrons. The van der Waals surface area contributed by atoms with Crippen molar-refractivity contribution in [3.8, 4) is 0 Å². The summed E-state index contributed by atoms with van der Waals surface area (Å²) >= 11 is 0. The van der Waals surface area contributed by atoms with Gasteiger partial charge in [0.15, 0.2) is 0 Å². The van der Waals surface area contributed by atoms with Crippen molar-refractivity contribution >= 4 is 11.1 Å².